The summed E-state index contributed by atoms with van der Waals surface area (Å²) in [6, 6.07) is 5.92. The first-order valence-electron chi connectivity index (χ1n) is 7.46. The van der Waals surface area contributed by atoms with Crippen LogP contribution < -0.4 is 10.2 Å². The molecule has 0 bridgehead atoms. The Hall–Kier alpha value is -2.77. The molecule has 0 radical (unpaired) electrons. The van der Waals surface area contributed by atoms with Gasteiger partial charge in [-0.1, -0.05) is 6.07 Å². The van der Waals surface area contributed by atoms with Crippen LogP contribution in [0.25, 0.3) is 21.9 Å². The number of phenolic OH excluding ortho intramolecular Hbond substituents is 2. The van der Waals surface area contributed by atoms with Gasteiger partial charge in [0.15, 0.2) is 5.60 Å². The summed E-state index contributed by atoms with van der Waals surface area (Å²) in [7, 11) is 0. The molecule has 3 aromatic rings. The van der Waals surface area contributed by atoms with E-state index in [-0.39, 0.29) is 52.0 Å². The van der Waals surface area contributed by atoms with Crippen LogP contribution in [0.3, 0.4) is 0 Å². The highest BCUT2D eigenvalue weighted by Crippen LogP contribution is 2.53. The summed E-state index contributed by atoms with van der Waals surface area (Å²) in [5.41, 5.74) is -1.65. The molecule has 122 valence electrons. The maximum absolute atomic E-state index is 12.8. The third kappa shape index (κ3) is 1.46. The van der Waals surface area contributed by atoms with Crippen LogP contribution in [-0.4, -0.2) is 28.2 Å². The Morgan fingerprint density at radius 3 is 2.83 bits per heavy atom. The second kappa shape index (κ2) is 4.19. The van der Waals surface area contributed by atoms with Crippen LogP contribution in [-0.2, 0) is 10.3 Å². The molecule has 7 nitrogen and oxygen atoms in total. The van der Waals surface area contributed by atoms with E-state index < -0.39 is 23.1 Å². The third-order valence-electron chi connectivity index (χ3n) is 4.72. The summed E-state index contributed by atoms with van der Waals surface area (Å²) in [4.78, 5) is 12.8. The molecule has 0 spiro atoms. The van der Waals surface area contributed by atoms with Crippen molar-refractivity contribution in [1.82, 2.24) is 0 Å². The van der Waals surface area contributed by atoms with Crippen molar-refractivity contribution in [3.8, 4) is 17.2 Å². The number of hydrogen-bond donors (Lipinski definition) is 3. The van der Waals surface area contributed by atoms with Crippen molar-refractivity contribution in [3.05, 3.63) is 40.1 Å². The summed E-state index contributed by atoms with van der Waals surface area (Å²) in [6.07, 6.45) is -0.679. The predicted octanol–water partition coefficient (Wildman–Crippen LogP) is 1.68. The maximum atomic E-state index is 12.8. The molecular weight excluding hydrogens is 316 g/mol. The Labute approximate surface area is 134 Å². The molecule has 0 aliphatic carbocycles. The van der Waals surface area contributed by atoms with Gasteiger partial charge in [-0.2, -0.15) is 0 Å². The lowest BCUT2D eigenvalue weighted by atomic mass is 9.91. The third-order valence-corrected chi connectivity index (χ3v) is 4.72. The SMILES string of the molecule is O=c1c2c(O)cccc2oc2cc3c(c(O)c12)C1(O)CCOC1O3. The summed E-state index contributed by atoms with van der Waals surface area (Å²) in [6.45, 7) is 0.283. The smallest absolute Gasteiger partial charge is 0.233 e. The second-order valence-corrected chi connectivity index (χ2v) is 6.05. The molecule has 2 aliphatic rings. The van der Waals surface area contributed by atoms with Crippen LogP contribution in [0.2, 0.25) is 0 Å². The van der Waals surface area contributed by atoms with E-state index in [2.05, 4.69) is 0 Å². The van der Waals surface area contributed by atoms with E-state index in [1.807, 2.05) is 0 Å². The van der Waals surface area contributed by atoms with Crippen molar-refractivity contribution in [2.45, 2.75) is 18.3 Å². The highest BCUT2D eigenvalue weighted by atomic mass is 16.7. The van der Waals surface area contributed by atoms with Crippen molar-refractivity contribution in [2.24, 2.45) is 0 Å². The monoisotopic (exact) mass is 328 g/mol. The topological polar surface area (TPSA) is 109 Å². The minimum absolute atomic E-state index is 0.0228. The Bertz CT molecular complexity index is 1080. The normalized spacial score (nSPS) is 25.0. The number of fused-ring (bicyclic) bond motifs is 5. The molecule has 3 heterocycles. The molecule has 1 saturated heterocycles. The first-order valence-corrected chi connectivity index (χ1v) is 7.46. The number of benzene rings is 2. The van der Waals surface area contributed by atoms with Crippen LogP contribution in [0.1, 0.15) is 12.0 Å². The van der Waals surface area contributed by atoms with Crippen molar-refractivity contribution >= 4 is 21.9 Å². The van der Waals surface area contributed by atoms with E-state index in [0.717, 1.165) is 0 Å². The average Bonchev–Trinajstić information content (AvgIpc) is 3.00. The van der Waals surface area contributed by atoms with E-state index in [9.17, 15) is 20.1 Å². The highest BCUT2D eigenvalue weighted by molar-refractivity contribution is 5.97. The minimum atomic E-state index is -1.51. The van der Waals surface area contributed by atoms with Crippen LogP contribution >= 0.6 is 0 Å². The molecule has 2 aliphatic heterocycles. The Kier molecular flexibility index (Phi) is 2.39. The van der Waals surface area contributed by atoms with E-state index in [1.54, 1.807) is 12.1 Å². The lowest BCUT2D eigenvalue weighted by Gasteiger charge is -2.19. The van der Waals surface area contributed by atoms with Crippen LogP contribution in [0.5, 0.6) is 17.2 Å². The molecule has 1 fully saturated rings. The molecule has 2 atom stereocenters. The zero-order valence-corrected chi connectivity index (χ0v) is 12.3. The fraction of sp³-hybridized carbons (Fsp3) is 0.235. The number of rotatable bonds is 0. The fourth-order valence-corrected chi connectivity index (χ4v) is 3.58. The molecule has 3 N–H and O–H groups in total. The van der Waals surface area contributed by atoms with E-state index in [4.69, 9.17) is 13.9 Å². The maximum Gasteiger partial charge on any atom is 0.233 e. The number of aliphatic hydroxyl groups is 1. The van der Waals surface area contributed by atoms with Gasteiger partial charge < -0.3 is 29.2 Å². The van der Waals surface area contributed by atoms with Crippen LogP contribution in [0.15, 0.2) is 33.5 Å². The first kappa shape index (κ1) is 13.6. The summed E-state index contributed by atoms with van der Waals surface area (Å²) in [5, 5.41) is 31.3. The van der Waals surface area contributed by atoms with Gasteiger partial charge >= 0.3 is 0 Å². The summed E-state index contributed by atoms with van der Waals surface area (Å²) >= 11 is 0. The Morgan fingerprint density at radius 1 is 1.17 bits per heavy atom. The van der Waals surface area contributed by atoms with Gasteiger partial charge in [0.25, 0.3) is 0 Å². The number of phenols is 2. The lowest BCUT2D eigenvalue weighted by molar-refractivity contribution is -0.123. The minimum Gasteiger partial charge on any atom is -0.507 e. The van der Waals surface area contributed by atoms with Gasteiger partial charge in [0, 0.05) is 12.5 Å². The average molecular weight is 328 g/mol. The predicted molar refractivity (Wildman–Crippen MR) is 82.2 cm³/mol. The molecule has 0 saturated carbocycles. The van der Waals surface area contributed by atoms with Gasteiger partial charge in [-0.05, 0) is 12.1 Å². The van der Waals surface area contributed by atoms with Gasteiger partial charge in [-0.25, -0.2) is 0 Å². The van der Waals surface area contributed by atoms with Gasteiger partial charge in [-0.3, -0.25) is 4.79 Å². The van der Waals surface area contributed by atoms with E-state index in [1.165, 1.54) is 12.1 Å². The summed E-state index contributed by atoms with van der Waals surface area (Å²) < 4.78 is 16.5. The zero-order valence-electron chi connectivity index (χ0n) is 12.3. The first-order chi connectivity index (χ1) is 11.5. The number of ether oxygens (including phenoxy) is 2. The molecule has 2 aromatic carbocycles. The fourth-order valence-electron chi connectivity index (χ4n) is 3.58. The second-order valence-electron chi connectivity index (χ2n) is 6.05. The quantitative estimate of drug-likeness (QED) is 0.539. The molecule has 5 rings (SSSR count). The number of aromatic hydroxyl groups is 2. The standard InChI is InChI=1S/C17H12O7/c18-7-2-1-3-8-11(7)14(19)12-9(23-8)6-10-13(15(12)20)17(21)4-5-22-16(17)24-10/h1-3,6,16,18,20-21H,4-5H2. The van der Waals surface area contributed by atoms with E-state index >= 15 is 0 Å². The summed E-state index contributed by atoms with van der Waals surface area (Å²) in [5.74, 6) is -0.424. The Balaban J connectivity index is 1.95. The molecule has 7 heteroatoms. The van der Waals surface area contributed by atoms with Crippen molar-refractivity contribution in [1.29, 1.82) is 0 Å². The van der Waals surface area contributed by atoms with Gasteiger partial charge in [0.1, 0.15) is 39.2 Å². The van der Waals surface area contributed by atoms with Crippen molar-refractivity contribution in [3.63, 3.8) is 0 Å². The van der Waals surface area contributed by atoms with Gasteiger partial charge in [-0.15, -0.1) is 0 Å². The molecule has 2 unspecified atom stereocenters. The largest absolute Gasteiger partial charge is 0.507 e. The molecule has 1 aromatic heterocycles. The molecular formula is C17H12O7. The number of hydrogen-bond acceptors (Lipinski definition) is 7. The van der Waals surface area contributed by atoms with Crippen LogP contribution in [0, 0.1) is 0 Å². The zero-order chi connectivity index (χ0) is 16.6. The lowest BCUT2D eigenvalue weighted by Crippen LogP contribution is -2.33. The van der Waals surface area contributed by atoms with Crippen molar-refractivity contribution < 1.29 is 29.2 Å². The Morgan fingerprint density at radius 2 is 2.00 bits per heavy atom. The molecule has 24 heavy (non-hydrogen) atoms. The highest BCUT2D eigenvalue weighted by Gasteiger charge is 2.54. The van der Waals surface area contributed by atoms with Crippen LogP contribution in [0.4, 0.5) is 0 Å². The van der Waals surface area contributed by atoms with Gasteiger partial charge in [0.2, 0.25) is 11.7 Å². The molecule has 0 amide bonds. The van der Waals surface area contributed by atoms with E-state index in [0.29, 0.717) is 0 Å². The van der Waals surface area contributed by atoms with Gasteiger partial charge in [0.05, 0.1) is 12.2 Å². The van der Waals surface area contributed by atoms with Crippen molar-refractivity contribution in [2.75, 3.05) is 6.61 Å².